The lowest BCUT2D eigenvalue weighted by Gasteiger charge is -2.40. The van der Waals surface area contributed by atoms with Gasteiger partial charge in [-0.25, -0.2) is 0 Å². The highest BCUT2D eigenvalue weighted by molar-refractivity contribution is 5.76. The monoisotopic (exact) mass is 1110 g/mol. The predicted octanol–water partition coefficient (Wildman–Crippen LogP) is 17.0. The number of hydrogen-bond acceptors (Lipinski definition) is 8. The number of hydrogen-bond donors (Lipinski definition) is 6. The molecule has 9 heteroatoms. The molecule has 7 unspecified atom stereocenters. The van der Waals surface area contributed by atoms with Crippen molar-refractivity contribution in [2.45, 2.75) is 281 Å². The first-order valence-electron chi connectivity index (χ1n) is 32.1. The van der Waals surface area contributed by atoms with Gasteiger partial charge in [0.2, 0.25) is 5.91 Å². The van der Waals surface area contributed by atoms with E-state index in [1.165, 1.54) is 96.3 Å². The maximum Gasteiger partial charge on any atom is 0.220 e. The first-order chi connectivity index (χ1) is 39.3. The topological polar surface area (TPSA) is 149 Å². The molecule has 1 aliphatic heterocycles. The van der Waals surface area contributed by atoms with Crippen molar-refractivity contribution in [1.29, 1.82) is 0 Å². The molecule has 0 bridgehead atoms. The van der Waals surface area contributed by atoms with Gasteiger partial charge in [0.25, 0.3) is 0 Å². The average Bonchev–Trinajstić information content (AvgIpc) is 3.46. The van der Waals surface area contributed by atoms with Gasteiger partial charge in [-0.15, -0.1) is 0 Å². The maximum absolute atomic E-state index is 13.1. The van der Waals surface area contributed by atoms with Crippen LogP contribution in [0.1, 0.15) is 239 Å². The Balaban J connectivity index is 2.17. The smallest absolute Gasteiger partial charge is 0.220 e. The zero-order chi connectivity index (χ0) is 57.9. The first kappa shape index (κ1) is 74.1. The molecule has 1 amide bonds. The van der Waals surface area contributed by atoms with Crippen molar-refractivity contribution in [2.75, 3.05) is 13.2 Å². The molecule has 9 nitrogen and oxygen atoms in total. The number of amides is 1. The van der Waals surface area contributed by atoms with Crippen molar-refractivity contribution in [2.24, 2.45) is 0 Å². The lowest BCUT2D eigenvalue weighted by molar-refractivity contribution is -0.302. The minimum atomic E-state index is -1.58. The van der Waals surface area contributed by atoms with Gasteiger partial charge < -0.3 is 40.3 Å². The Bertz CT molecular complexity index is 1770. The van der Waals surface area contributed by atoms with Gasteiger partial charge in [0, 0.05) is 6.42 Å². The zero-order valence-corrected chi connectivity index (χ0v) is 50.5. The molecule has 1 heterocycles. The molecule has 80 heavy (non-hydrogen) atoms. The third-order valence-electron chi connectivity index (χ3n) is 14.2. The molecule has 0 aliphatic carbocycles. The van der Waals surface area contributed by atoms with Crippen molar-refractivity contribution in [1.82, 2.24) is 5.32 Å². The Morgan fingerprint density at radius 1 is 0.438 bits per heavy atom. The molecule has 1 fully saturated rings. The fraction of sp³-hybridized carbons (Fsp3) is 0.648. The quantitative estimate of drug-likeness (QED) is 0.0261. The average molecular weight is 1110 g/mol. The number of aliphatic hydroxyl groups excluding tert-OH is 5. The SMILES string of the molecule is CC/C=C\C/C=C\C/C=C\C/C=C\C/C=C\C/C=C\C/C=C\C/C=C\C/C=C\C/C=C\C/C=C\CCCCCCCCCC(=O)NC(COC1OC(CO)C(O)C(O)C1O)C(O)/C=C/CCCCCCCCCCCCCCCC. The van der Waals surface area contributed by atoms with Crippen LogP contribution in [0.15, 0.2) is 146 Å². The van der Waals surface area contributed by atoms with Crippen LogP contribution in [0, 0.1) is 0 Å². The van der Waals surface area contributed by atoms with Gasteiger partial charge >= 0.3 is 0 Å². The van der Waals surface area contributed by atoms with Crippen LogP contribution < -0.4 is 5.32 Å². The van der Waals surface area contributed by atoms with Crippen LogP contribution in [0.4, 0.5) is 0 Å². The molecule has 7 atom stereocenters. The highest BCUT2D eigenvalue weighted by Gasteiger charge is 2.44. The largest absolute Gasteiger partial charge is 0.394 e. The maximum atomic E-state index is 13.1. The van der Waals surface area contributed by atoms with E-state index < -0.39 is 49.5 Å². The van der Waals surface area contributed by atoms with E-state index in [-0.39, 0.29) is 12.5 Å². The number of unbranched alkanes of at least 4 members (excludes halogenated alkanes) is 21. The second-order valence-electron chi connectivity index (χ2n) is 21.5. The van der Waals surface area contributed by atoms with Crippen molar-refractivity contribution in [3.8, 4) is 0 Å². The van der Waals surface area contributed by atoms with Crippen LogP contribution in [-0.4, -0.2) is 87.5 Å². The Morgan fingerprint density at radius 2 is 0.775 bits per heavy atom. The summed E-state index contributed by atoms with van der Waals surface area (Å²) in [5.74, 6) is -0.193. The molecule has 1 aliphatic rings. The summed E-state index contributed by atoms with van der Waals surface area (Å²) in [6.45, 7) is 3.65. The second kappa shape index (κ2) is 58.3. The number of rotatable bonds is 53. The third-order valence-corrected chi connectivity index (χ3v) is 14.2. The minimum Gasteiger partial charge on any atom is -0.394 e. The fourth-order valence-corrected chi connectivity index (χ4v) is 9.16. The number of aliphatic hydroxyl groups is 5. The molecule has 454 valence electrons. The van der Waals surface area contributed by atoms with Crippen LogP contribution in [0.5, 0.6) is 0 Å². The number of allylic oxidation sites excluding steroid dienone is 23. The summed E-state index contributed by atoms with van der Waals surface area (Å²) in [4.78, 5) is 13.1. The summed E-state index contributed by atoms with van der Waals surface area (Å²) >= 11 is 0. The van der Waals surface area contributed by atoms with Gasteiger partial charge in [0.05, 0.1) is 25.4 Å². The number of ether oxygens (including phenoxy) is 2. The second-order valence-corrected chi connectivity index (χ2v) is 21.5. The lowest BCUT2D eigenvalue weighted by Crippen LogP contribution is -2.60. The molecule has 0 spiro atoms. The summed E-state index contributed by atoms with van der Waals surface area (Å²) in [5, 5.41) is 54.5. The standard InChI is InChI=1S/C71H117NO8/c1-3-5-7-9-11-13-15-17-19-21-22-23-24-25-26-27-28-29-30-31-32-33-34-35-36-37-38-39-40-41-42-43-44-45-47-49-51-53-55-57-59-61-67(75)72-64(63-79-71-70(78)69(77)68(76)66(62-73)80-71)65(74)60-58-56-54-52-50-48-46-20-18-16-14-12-10-8-6-4-2/h5,7,11,13,17,19,22-23,25-26,28-29,31-32,34-35,37-38,40-41,43-44,58,60,64-66,68-71,73-74,76-78H,3-4,6,8-10,12,14-16,18,20-21,24,27,30,33,36,39,42,45-57,59,61-63H2,1-2H3,(H,72,75)/b7-5-,13-11-,19-17-,23-22-,26-25-,29-28-,32-31-,35-34-,38-37-,41-40-,44-43-,60-58+. The van der Waals surface area contributed by atoms with Gasteiger partial charge in [0.15, 0.2) is 6.29 Å². The Hall–Kier alpha value is -3.93. The summed E-state index contributed by atoms with van der Waals surface area (Å²) in [5.41, 5.74) is 0. The number of carbonyl (C=O) groups excluding carboxylic acids is 1. The van der Waals surface area contributed by atoms with Crippen molar-refractivity contribution >= 4 is 5.91 Å². The summed E-state index contributed by atoms with van der Waals surface area (Å²) in [7, 11) is 0. The van der Waals surface area contributed by atoms with Crippen molar-refractivity contribution < 1.29 is 39.8 Å². The van der Waals surface area contributed by atoms with Gasteiger partial charge in [-0.3, -0.25) is 4.79 Å². The van der Waals surface area contributed by atoms with Crippen LogP contribution in [0.3, 0.4) is 0 Å². The van der Waals surface area contributed by atoms with Crippen LogP contribution in [-0.2, 0) is 14.3 Å². The summed E-state index contributed by atoms with van der Waals surface area (Å²) < 4.78 is 11.3. The highest BCUT2D eigenvalue weighted by atomic mass is 16.7. The highest BCUT2D eigenvalue weighted by Crippen LogP contribution is 2.23. The molecule has 0 saturated carbocycles. The van der Waals surface area contributed by atoms with E-state index in [9.17, 15) is 30.3 Å². The molecular weight excluding hydrogens is 995 g/mol. The summed E-state index contributed by atoms with van der Waals surface area (Å²) in [6.07, 6.45) is 83.5. The normalized spacial score (nSPS) is 19.5. The van der Waals surface area contributed by atoms with E-state index in [1.54, 1.807) is 6.08 Å². The molecule has 6 N–H and O–H groups in total. The van der Waals surface area contributed by atoms with E-state index >= 15 is 0 Å². The van der Waals surface area contributed by atoms with Gasteiger partial charge in [-0.1, -0.05) is 275 Å². The van der Waals surface area contributed by atoms with Crippen molar-refractivity contribution in [3.63, 3.8) is 0 Å². The summed E-state index contributed by atoms with van der Waals surface area (Å²) in [6, 6.07) is -0.821. The van der Waals surface area contributed by atoms with E-state index in [0.717, 1.165) is 122 Å². The Kier molecular flexibility index (Phi) is 54.0. The lowest BCUT2D eigenvalue weighted by atomic mass is 9.99. The van der Waals surface area contributed by atoms with E-state index in [2.05, 4.69) is 153 Å². The van der Waals surface area contributed by atoms with Crippen LogP contribution >= 0.6 is 0 Å². The molecule has 1 saturated heterocycles. The molecule has 0 aromatic carbocycles. The van der Waals surface area contributed by atoms with Gasteiger partial charge in [0.1, 0.15) is 24.4 Å². The molecule has 0 aromatic rings. The van der Waals surface area contributed by atoms with Crippen LogP contribution in [0.25, 0.3) is 0 Å². The molecule has 1 rings (SSSR count). The molecule has 0 radical (unpaired) electrons. The van der Waals surface area contributed by atoms with E-state index in [0.29, 0.717) is 6.42 Å². The van der Waals surface area contributed by atoms with E-state index in [1.807, 2.05) is 6.08 Å². The third kappa shape index (κ3) is 46.7. The van der Waals surface area contributed by atoms with E-state index in [4.69, 9.17) is 9.47 Å². The fourth-order valence-electron chi connectivity index (χ4n) is 9.16. The van der Waals surface area contributed by atoms with Gasteiger partial charge in [-0.2, -0.15) is 0 Å². The first-order valence-corrected chi connectivity index (χ1v) is 32.1. The Labute approximate surface area is 489 Å². The predicted molar refractivity (Wildman–Crippen MR) is 340 cm³/mol. The minimum absolute atomic E-state index is 0.193. The zero-order valence-electron chi connectivity index (χ0n) is 50.5. The van der Waals surface area contributed by atoms with Gasteiger partial charge in [-0.05, 0) is 103 Å². The number of nitrogens with one attached hydrogen (secondary N) is 1. The van der Waals surface area contributed by atoms with Crippen LogP contribution in [0.2, 0.25) is 0 Å². The van der Waals surface area contributed by atoms with Crippen molar-refractivity contribution in [3.05, 3.63) is 146 Å². The number of carbonyl (C=O) groups is 1. The molecule has 0 aromatic heterocycles. The Morgan fingerprint density at radius 3 is 1.15 bits per heavy atom. The molecular formula is C71H117NO8.